The summed E-state index contributed by atoms with van der Waals surface area (Å²) in [7, 11) is 0. The maximum Gasteiger partial charge on any atom is 0.275 e. The molecule has 0 aromatic heterocycles. The molecule has 1 aliphatic heterocycles. The number of quaternary nitrogens is 1. The van der Waals surface area contributed by atoms with Gasteiger partial charge in [-0.3, -0.25) is 4.79 Å². The van der Waals surface area contributed by atoms with Gasteiger partial charge in [0, 0.05) is 16.8 Å². The Balaban J connectivity index is 1.44. The molecule has 7 heteroatoms. The first kappa shape index (κ1) is 17.5. The van der Waals surface area contributed by atoms with Crippen LogP contribution in [0.4, 0.5) is 5.69 Å². The summed E-state index contributed by atoms with van der Waals surface area (Å²) in [6, 6.07) is 6.30. The van der Waals surface area contributed by atoms with Crippen LogP contribution in [0.2, 0.25) is 5.02 Å². The number of piperazine rings is 1. The molecule has 0 unspecified atom stereocenters. The van der Waals surface area contributed by atoms with Gasteiger partial charge in [-0.2, -0.15) is 0 Å². The minimum absolute atomic E-state index is 0.177. The lowest BCUT2D eigenvalue weighted by Gasteiger charge is -2.33. The van der Waals surface area contributed by atoms with Crippen molar-refractivity contribution in [1.29, 1.82) is 0 Å². The summed E-state index contributed by atoms with van der Waals surface area (Å²) in [6.07, 6.45) is 2.27. The molecule has 0 radical (unpaired) electrons. The summed E-state index contributed by atoms with van der Waals surface area (Å²) in [5.41, 5.74) is 1.96. The second-order valence-electron chi connectivity index (χ2n) is 6.65. The van der Waals surface area contributed by atoms with Gasteiger partial charge in [0.1, 0.15) is 0 Å². The Morgan fingerprint density at radius 3 is 2.71 bits per heavy atom. The molecule has 130 valence electrons. The Labute approximate surface area is 153 Å². The predicted octanol–water partition coefficient (Wildman–Crippen LogP) is 0.824. The van der Waals surface area contributed by atoms with Crippen molar-refractivity contribution in [2.24, 2.45) is 0 Å². The van der Waals surface area contributed by atoms with Crippen LogP contribution >= 0.6 is 23.8 Å². The number of amides is 1. The molecule has 1 aromatic rings. The van der Waals surface area contributed by atoms with Gasteiger partial charge in [-0.1, -0.05) is 17.7 Å². The average Bonchev–Trinajstić information content (AvgIpc) is 3.35. The fourth-order valence-electron chi connectivity index (χ4n) is 2.81. The fourth-order valence-corrected chi connectivity index (χ4v) is 3.29. The average molecular weight is 368 g/mol. The maximum atomic E-state index is 11.9. The van der Waals surface area contributed by atoms with E-state index >= 15 is 0 Å². The van der Waals surface area contributed by atoms with Crippen molar-refractivity contribution < 1.29 is 9.69 Å². The molecule has 1 saturated carbocycles. The van der Waals surface area contributed by atoms with Gasteiger partial charge in [0.25, 0.3) is 5.91 Å². The van der Waals surface area contributed by atoms with Crippen molar-refractivity contribution >= 4 is 40.5 Å². The predicted molar refractivity (Wildman–Crippen MR) is 101 cm³/mol. The summed E-state index contributed by atoms with van der Waals surface area (Å²) in [6.45, 7) is 6.11. The zero-order valence-corrected chi connectivity index (χ0v) is 15.5. The number of hydrogen-bond donors (Lipinski definition) is 3. The summed E-state index contributed by atoms with van der Waals surface area (Å²) < 4.78 is 0. The van der Waals surface area contributed by atoms with Gasteiger partial charge < -0.3 is 20.4 Å². The van der Waals surface area contributed by atoms with Gasteiger partial charge in [-0.05, 0) is 49.7 Å². The Bertz CT molecular complexity index is 627. The van der Waals surface area contributed by atoms with Crippen LogP contribution in [0.3, 0.4) is 0 Å². The molecule has 1 heterocycles. The number of carbonyl (C=O) groups is 1. The Kier molecular flexibility index (Phi) is 5.58. The summed E-state index contributed by atoms with van der Waals surface area (Å²) >= 11 is 11.7. The Hall–Kier alpha value is -1.37. The first-order valence-electron chi connectivity index (χ1n) is 8.46. The zero-order valence-electron chi connectivity index (χ0n) is 13.9. The first-order chi connectivity index (χ1) is 11.5. The maximum absolute atomic E-state index is 11.9. The van der Waals surface area contributed by atoms with E-state index < -0.39 is 0 Å². The minimum Gasteiger partial charge on any atom is -0.348 e. The van der Waals surface area contributed by atoms with Crippen molar-refractivity contribution in [2.45, 2.75) is 25.8 Å². The Morgan fingerprint density at radius 2 is 2.08 bits per heavy atom. The lowest BCUT2D eigenvalue weighted by molar-refractivity contribution is -0.895. The van der Waals surface area contributed by atoms with Crippen LogP contribution in [0.15, 0.2) is 18.2 Å². The molecule has 0 spiro atoms. The number of anilines is 1. The van der Waals surface area contributed by atoms with Crippen LogP contribution in [-0.2, 0) is 4.79 Å². The van der Waals surface area contributed by atoms with Gasteiger partial charge >= 0.3 is 0 Å². The second kappa shape index (κ2) is 7.68. The molecular formula is C17H24ClN4OS+. The normalized spacial score (nSPS) is 18.3. The number of halogens is 1. The van der Waals surface area contributed by atoms with Crippen molar-refractivity contribution in [3.8, 4) is 0 Å². The molecule has 3 rings (SSSR count). The van der Waals surface area contributed by atoms with Crippen LogP contribution in [0, 0.1) is 6.92 Å². The quantitative estimate of drug-likeness (QED) is 0.690. The van der Waals surface area contributed by atoms with Crippen LogP contribution in [-0.4, -0.2) is 54.7 Å². The number of aryl methyl sites for hydroxylation is 1. The standard InChI is InChI=1S/C17H23ClN4OS/c1-12-2-3-14(10-15(12)18)20-17(24)22-8-6-21(7-9-22)11-16(23)19-13-4-5-13/h2-3,10,13H,4-9,11H2,1H3,(H,19,23)(H,20,24)/p+1. The summed E-state index contributed by atoms with van der Waals surface area (Å²) in [5.74, 6) is 0.177. The fraction of sp³-hybridized carbons (Fsp3) is 0.529. The highest BCUT2D eigenvalue weighted by atomic mass is 35.5. The van der Waals surface area contributed by atoms with E-state index in [2.05, 4.69) is 15.5 Å². The highest BCUT2D eigenvalue weighted by molar-refractivity contribution is 7.80. The number of carbonyl (C=O) groups excluding carboxylic acids is 1. The van der Waals surface area contributed by atoms with Gasteiger partial charge in [-0.25, -0.2) is 0 Å². The topological polar surface area (TPSA) is 48.8 Å². The van der Waals surface area contributed by atoms with E-state index in [-0.39, 0.29) is 5.91 Å². The molecule has 24 heavy (non-hydrogen) atoms. The smallest absolute Gasteiger partial charge is 0.275 e. The Morgan fingerprint density at radius 1 is 1.38 bits per heavy atom. The third-order valence-electron chi connectivity index (χ3n) is 4.53. The molecule has 0 bridgehead atoms. The number of rotatable bonds is 4. The van der Waals surface area contributed by atoms with Crippen molar-refractivity contribution in [1.82, 2.24) is 10.2 Å². The lowest BCUT2D eigenvalue weighted by Crippen LogP contribution is -3.15. The monoisotopic (exact) mass is 367 g/mol. The number of thiocarbonyl (C=S) groups is 1. The lowest BCUT2D eigenvalue weighted by atomic mass is 10.2. The molecule has 1 saturated heterocycles. The number of benzene rings is 1. The van der Waals surface area contributed by atoms with Gasteiger partial charge in [0.15, 0.2) is 11.7 Å². The molecule has 1 aliphatic carbocycles. The van der Waals surface area contributed by atoms with E-state index in [1.807, 2.05) is 25.1 Å². The molecule has 2 aliphatic rings. The van der Waals surface area contributed by atoms with Gasteiger partial charge in [0.05, 0.1) is 26.2 Å². The number of nitrogens with zero attached hydrogens (tertiary/aromatic N) is 1. The van der Waals surface area contributed by atoms with Crippen molar-refractivity contribution in [3.63, 3.8) is 0 Å². The molecule has 0 atom stereocenters. The number of hydrogen-bond acceptors (Lipinski definition) is 2. The second-order valence-corrected chi connectivity index (χ2v) is 7.44. The SMILES string of the molecule is Cc1ccc(NC(=S)N2CC[NH+](CC(=O)NC3CC3)CC2)cc1Cl. The van der Waals surface area contributed by atoms with Crippen LogP contribution < -0.4 is 15.5 Å². The van der Waals surface area contributed by atoms with Crippen LogP contribution in [0.1, 0.15) is 18.4 Å². The highest BCUT2D eigenvalue weighted by Crippen LogP contribution is 2.20. The van der Waals surface area contributed by atoms with Crippen molar-refractivity contribution in [2.75, 3.05) is 38.0 Å². The van der Waals surface area contributed by atoms with Crippen LogP contribution in [0.25, 0.3) is 0 Å². The summed E-state index contributed by atoms with van der Waals surface area (Å²) in [5, 5.41) is 7.76. The number of nitrogens with one attached hydrogen (secondary N) is 3. The third kappa shape index (κ3) is 4.82. The molecule has 1 amide bonds. The molecule has 3 N–H and O–H groups in total. The third-order valence-corrected chi connectivity index (χ3v) is 5.30. The van der Waals surface area contributed by atoms with Gasteiger partial charge in [-0.15, -0.1) is 0 Å². The van der Waals surface area contributed by atoms with Crippen LogP contribution in [0.5, 0.6) is 0 Å². The van der Waals surface area contributed by atoms with Crippen molar-refractivity contribution in [3.05, 3.63) is 28.8 Å². The molecule has 5 nitrogen and oxygen atoms in total. The highest BCUT2D eigenvalue weighted by Gasteiger charge is 2.27. The molecular weight excluding hydrogens is 344 g/mol. The van der Waals surface area contributed by atoms with E-state index in [9.17, 15) is 4.79 Å². The van der Waals surface area contributed by atoms with E-state index in [1.54, 1.807) is 0 Å². The summed E-state index contributed by atoms with van der Waals surface area (Å²) in [4.78, 5) is 15.4. The van der Waals surface area contributed by atoms with E-state index in [4.69, 9.17) is 23.8 Å². The van der Waals surface area contributed by atoms with Gasteiger partial charge in [0.2, 0.25) is 0 Å². The first-order valence-corrected chi connectivity index (χ1v) is 9.25. The largest absolute Gasteiger partial charge is 0.348 e. The zero-order chi connectivity index (χ0) is 17.1. The van der Waals surface area contributed by atoms with E-state index in [1.165, 1.54) is 4.90 Å². The minimum atomic E-state index is 0.177. The molecule has 1 aromatic carbocycles. The van der Waals surface area contributed by atoms with E-state index in [0.717, 1.165) is 60.4 Å². The van der Waals surface area contributed by atoms with E-state index in [0.29, 0.717) is 12.6 Å². The molecule has 2 fully saturated rings.